The summed E-state index contributed by atoms with van der Waals surface area (Å²) in [6.07, 6.45) is 0.574. The van der Waals surface area contributed by atoms with E-state index in [9.17, 15) is 8.42 Å². The normalized spacial score (nSPS) is 11.6. The minimum Gasteiger partial charge on any atom is -0.241 e. The third-order valence-corrected chi connectivity index (χ3v) is 4.58. The zero-order valence-electron chi connectivity index (χ0n) is 10.5. The molecule has 0 aliphatic heterocycles. The Bertz CT molecular complexity index is 623. The number of hydrogen-bond donors (Lipinski definition) is 2. The maximum absolute atomic E-state index is 11.2. The van der Waals surface area contributed by atoms with Crippen LogP contribution in [0.5, 0.6) is 0 Å². The van der Waals surface area contributed by atoms with Crippen LogP contribution in [-0.4, -0.2) is 27.0 Å². The van der Waals surface area contributed by atoms with Crippen molar-refractivity contribution in [2.24, 2.45) is 0 Å². The largest absolute Gasteiger partial charge is 0.276 e. The van der Waals surface area contributed by atoms with Gasteiger partial charge in [-0.3, -0.25) is 0 Å². The molecule has 5 nitrogen and oxygen atoms in total. The lowest BCUT2D eigenvalue weighted by Gasteiger charge is -2.02. The second kappa shape index (κ2) is 6.25. The van der Waals surface area contributed by atoms with Gasteiger partial charge in [-0.25, -0.2) is 14.4 Å². The van der Waals surface area contributed by atoms with Crippen LogP contribution in [0.4, 0.5) is 0 Å². The molecule has 2 aromatic rings. The van der Waals surface area contributed by atoms with Crippen molar-refractivity contribution < 1.29 is 8.42 Å². The van der Waals surface area contributed by atoms with Crippen molar-refractivity contribution in [1.82, 2.24) is 14.4 Å². The molecule has 0 aliphatic carbocycles. The summed E-state index contributed by atoms with van der Waals surface area (Å²) in [6.45, 7) is 0.334. The van der Waals surface area contributed by atoms with Crippen LogP contribution < -0.4 is 9.44 Å². The van der Waals surface area contributed by atoms with Crippen molar-refractivity contribution in [2.75, 3.05) is 13.6 Å². The van der Waals surface area contributed by atoms with E-state index in [4.69, 9.17) is 0 Å². The van der Waals surface area contributed by atoms with E-state index in [1.807, 2.05) is 35.7 Å². The summed E-state index contributed by atoms with van der Waals surface area (Å²) in [6, 6.07) is 9.91. The van der Waals surface area contributed by atoms with Crippen molar-refractivity contribution in [3.63, 3.8) is 0 Å². The summed E-state index contributed by atoms with van der Waals surface area (Å²) in [5.74, 6) is 0. The lowest BCUT2D eigenvalue weighted by atomic mass is 10.2. The maximum atomic E-state index is 11.2. The van der Waals surface area contributed by atoms with E-state index in [1.165, 1.54) is 7.05 Å². The van der Waals surface area contributed by atoms with Crippen molar-refractivity contribution in [3.8, 4) is 10.6 Å². The quantitative estimate of drug-likeness (QED) is 0.847. The average Bonchev–Trinajstić information content (AvgIpc) is 2.88. The van der Waals surface area contributed by atoms with Gasteiger partial charge in [-0.05, 0) is 0 Å². The lowest BCUT2D eigenvalue weighted by Crippen LogP contribution is -2.35. The zero-order chi connectivity index (χ0) is 13.7. The van der Waals surface area contributed by atoms with Crippen molar-refractivity contribution in [3.05, 3.63) is 41.4 Å². The molecular formula is C12H15N3O2S2. The molecule has 0 radical (unpaired) electrons. The van der Waals surface area contributed by atoms with Gasteiger partial charge in [0.15, 0.2) is 0 Å². The highest BCUT2D eigenvalue weighted by Crippen LogP contribution is 2.23. The standard InChI is InChI=1S/C12H15N3O2S2/c1-13-19(16,17)14-8-7-11-9-18-12(15-11)10-5-3-2-4-6-10/h2-6,9,13-14H,7-8H2,1H3. The molecular weight excluding hydrogens is 282 g/mol. The monoisotopic (exact) mass is 297 g/mol. The molecule has 102 valence electrons. The molecule has 1 aromatic heterocycles. The first kappa shape index (κ1) is 14.1. The van der Waals surface area contributed by atoms with Gasteiger partial charge in [0, 0.05) is 31.0 Å². The maximum Gasteiger partial charge on any atom is 0.276 e. The summed E-state index contributed by atoms with van der Waals surface area (Å²) in [5.41, 5.74) is 1.97. The number of hydrogen-bond acceptors (Lipinski definition) is 4. The van der Waals surface area contributed by atoms with Gasteiger partial charge >= 0.3 is 0 Å². The number of thiazole rings is 1. The molecule has 1 aromatic carbocycles. The Balaban J connectivity index is 1.95. The highest BCUT2D eigenvalue weighted by atomic mass is 32.2. The van der Waals surface area contributed by atoms with Gasteiger partial charge in [-0.1, -0.05) is 30.3 Å². The molecule has 0 spiro atoms. The van der Waals surface area contributed by atoms with Crippen LogP contribution >= 0.6 is 11.3 Å². The predicted octanol–water partition coefficient (Wildman–Crippen LogP) is 1.41. The molecule has 0 fully saturated rings. The fourth-order valence-electron chi connectivity index (χ4n) is 1.52. The zero-order valence-corrected chi connectivity index (χ0v) is 12.1. The second-order valence-corrected chi connectivity index (χ2v) is 6.42. The van der Waals surface area contributed by atoms with Crippen LogP contribution in [-0.2, 0) is 16.6 Å². The Morgan fingerprint density at radius 2 is 2.00 bits per heavy atom. The summed E-state index contributed by atoms with van der Waals surface area (Å²) < 4.78 is 27.0. The van der Waals surface area contributed by atoms with Crippen LogP contribution in [0.2, 0.25) is 0 Å². The third kappa shape index (κ3) is 4.10. The van der Waals surface area contributed by atoms with Crippen molar-refractivity contribution in [2.45, 2.75) is 6.42 Å². The highest BCUT2D eigenvalue weighted by molar-refractivity contribution is 7.87. The average molecular weight is 297 g/mol. The molecule has 7 heteroatoms. The van der Waals surface area contributed by atoms with Gasteiger partial charge in [0.25, 0.3) is 10.2 Å². The van der Waals surface area contributed by atoms with E-state index < -0.39 is 10.2 Å². The van der Waals surface area contributed by atoms with E-state index in [1.54, 1.807) is 11.3 Å². The summed E-state index contributed by atoms with van der Waals surface area (Å²) in [7, 11) is -1.99. The van der Waals surface area contributed by atoms with Gasteiger partial charge in [0.2, 0.25) is 0 Å². The third-order valence-electron chi connectivity index (χ3n) is 2.51. The van der Waals surface area contributed by atoms with Crippen LogP contribution in [0.3, 0.4) is 0 Å². The first-order valence-corrected chi connectivity index (χ1v) is 8.15. The molecule has 2 N–H and O–H groups in total. The number of rotatable bonds is 6. The Morgan fingerprint density at radius 1 is 1.26 bits per heavy atom. The Morgan fingerprint density at radius 3 is 2.68 bits per heavy atom. The molecule has 0 bridgehead atoms. The van der Waals surface area contributed by atoms with E-state index >= 15 is 0 Å². The van der Waals surface area contributed by atoms with E-state index in [-0.39, 0.29) is 0 Å². The molecule has 0 unspecified atom stereocenters. The van der Waals surface area contributed by atoms with E-state index in [0.29, 0.717) is 13.0 Å². The summed E-state index contributed by atoms with van der Waals surface area (Å²) in [5, 5.41) is 2.91. The number of benzene rings is 1. The lowest BCUT2D eigenvalue weighted by molar-refractivity contribution is 0.573. The predicted molar refractivity (Wildman–Crippen MR) is 77.2 cm³/mol. The van der Waals surface area contributed by atoms with E-state index in [0.717, 1.165) is 16.3 Å². The highest BCUT2D eigenvalue weighted by Gasteiger charge is 2.07. The molecule has 19 heavy (non-hydrogen) atoms. The number of aromatic nitrogens is 1. The second-order valence-electron chi connectivity index (χ2n) is 3.86. The molecule has 0 saturated carbocycles. The molecule has 0 atom stereocenters. The summed E-state index contributed by atoms with van der Waals surface area (Å²) in [4.78, 5) is 4.49. The van der Waals surface area contributed by atoms with Crippen LogP contribution in [0.25, 0.3) is 10.6 Å². The fraction of sp³-hybridized carbons (Fsp3) is 0.250. The Labute approximate surface area is 116 Å². The first-order valence-electron chi connectivity index (χ1n) is 5.79. The Hall–Kier alpha value is -1.28. The molecule has 0 amide bonds. The molecule has 0 aliphatic rings. The smallest absolute Gasteiger partial charge is 0.241 e. The van der Waals surface area contributed by atoms with Gasteiger partial charge < -0.3 is 0 Å². The fourth-order valence-corrected chi connectivity index (χ4v) is 2.90. The SMILES string of the molecule is CNS(=O)(=O)NCCc1csc(-c2ccccc2)n1. The van der Waals surface area contributed by atoms with Crippen molar-refractivity contribution in [1.29, 1.82) is 0 Å². The van der Waals surface area contributed by atoms with Gasteiger partial charge in [-0.2, -0.15) is 8.42 Å². The van der Waals surface area contributed by atoms with Gasteiger partial charge in [0.1, 0.15) is 5.01 Å². The van der Waals surface area contributed by atoms with Crippen LogP contribution in [0.15, 0.2) is 35.7 Å². The topological polar surface area (TPSA) is 71.1 Å². The first-order chi connectivity index (χ1) is 9.11. The van der Waals surface area contributed by atoms with Crippen LogP contribution in [0.1, 0.15) is 5.69 Å². The van der Waals surface area contributed by atoms with Crippen molar-refractivity contribution >= 4 is 21.5 Å². The molecule has 1 heterocycles. The van der Waals surface area contributed by atoms with E-state index in [2.05, 4.69) is 14.4 Å². The van der Waals surface area contributed by atoms with Gasteiger partial charge in [-0.15, -0.1) is 11.3 Å². The molecule has 2 rings (SSSR count). The minimum absolute atomic E-state index is 0.334. The minimum atomic E-state index is -3.36. The molecule has 0 saturated heterocycles. The number of nitrogens with one attached hydrogen (secondary N) is 2. The Kier molecular flexibility index (Phi) is 4.65. The summed E-state index contributed by atoms with van der Waals surface area (Å²) >= 11 is 1.56. The van der Waals surface area contributed by atoms with Crippen LogP contribution in [0, 0.1) is 0 Å². The van der Waals surface area contributed by atoms with Gasteiger partial charge in [0.05, 0.1) is 5.69 Å². The number of nitrogens with zero attached hydrogens (tertiary/aromatic N) is 1.